The molecule has 1 unspecified atom stereocenters. The number of nitrogens with one attached hydrogen (secondary N) is 1. The summed E-state index contributed by atoms with van der Waals surface area (Å²) in [4.78, 5) is 24.6. The standard InChI is InChI=1S/C19H19N3O4/c1-3-25-15-8-6-14(7-9-15)20-19(24)13(2)22-18(23)11-10-16(21-22)17-5-4-12-26-17/h4-13H,3H2,1-2H3,(H,20,24). The Hall–Kier alpha value is -3.35. The molecule has 1 aromatic carbocycles. The zero-order valence-electron chi connectivity index (χ0n) is 14.5. The predicted molar refractivity (Wildman–Crippen MR) is 97.2 cm³/mol. The highest BCUT2D eigenvalue weighted by Gasteiger charge is 2.18. The van der Waals surface area contributed by atoms with E-state index < -0.39 is 6.04 Å². The summed E-state index contributed by atoms with van der Waals surface area (Å²) in [5.41, 5.74) is 0.727. The van der Waals surface area contributed by atoms with Crippen molar-refractivity contribution in [3.8, 4) is 17.2 Å². The molecule has 26 heavy (non-hydrogen) atoms. The van der Waals surface area contributed by atoms with Gasteiger partial charge in [-0.15, -0.1) is 0 Å². The molecule has 3 rings (SSSR count). The third kappa shape index (κ3) is 3.83. The van der Waals surface area contributed by atoms with E-state index >= 15 is 0 Å². The number of aromatic nitrogens is 2. The molecule has 7 nitrogen and oxygen atoms in total. The first-order chi connectivity index (χ1) is 12.6. The lowest BCUT2D eigenvalue weighted by Gasteiger charge is -2.15. The van der Waals surface area contributed by atoms with Gasteiger partial charge in [-0.3, -0.25) is 9.59 Å². The number of rotatable bonds is 6. The molecule has 134 valence electrons. The summed E-state index contributed by atoms with van der Waals surface area (Å²) in [6.45, 7) is 4.09. The fourth-order valence-electron chi connectivity index (χ4n) is 2.42. The van der Waals surface area contributed by atoms with Crippen molar-refractivity contribution in [2.24, 2.45) is 0 Å². The van der Waals surface area contributed by atoms with Crippen molar-refractivity contribution in [3.63, 3.8) is 0 Å². The average molecular weight is 353 g/mol. The molecule has 0 saturated heterocycles. The molecule has 7 heteroatoms. The van der Waals surface area contributed by atoms with Crippen LogP contribution in [-0.4, -0.2) is 22.3 Å². The summed E-state index contributed by atoms with van der Waals surface area (Å²) >= 11 is 0. The highest BCUT2D eigenvalue weighted by molar-refractivity contribution is 5.93. The fourth-order valence-corrected chi connectivity index (χ4v) is 2.42. The van der Waals surface area contributed by atoms with Crippen molar-refractivity contribution in [3.05, 3.63) is 65.1 Å². The van der Waals surface area contributed by atoms with Gasteiger partial charge in [0.2, 0.25) is 5.91 Å². The summed E-state index contributed by atoms with van der Waals surface area (Å²) < 4.78 is 11.8. The molecule has 0 fully saturated rings. The Morgan fingerprint density at radius 3 is 2.65 bits per heavy atom. The van der Waals surface area contributed by atoms with Crippen molar-refractivity contribution >= 4 is 11.6 Å². The van der Waals surface area contributed by atoms with Crippen LogP contribution in [0.15, 0.2) is 64.0 Å². The lowest BCUT2D eigenvalue weighted by atomic mass is 10.2. The first-order valence-corrected chi connectivity index (χ1v) is 8.26. The molecule has 1 amide bonds. The highest BCUT2D eigenvalue weighted by Crippen LogP contribution is 2.18. The predicted octanol–water partition coefficient (Wildman–Crippen LogP) is 3.10. The first-order valence-electron chi connectivity index (χ1n) is 8.26. The van der Waals surface area contributed by atoms with Crippen molar-refractivity contribution in [1.82, 2.24) is 9.78 Å². The minimum atomic E-state index is -0.788. The van der Waals surface area contributed by atoms with E-state index in [9.17, 15) is 9.59 Å². The van der Waals surface area contributed by atoms with E-state index in [4.69, 9.17) is 9.15 Å². The number of hydrogen-bond donors (Lipinski definition) is 1. The molecule has 0 saturated carbocycles. The summed E-state index contributed by atoms with van der Waals surface area (Å²) in [7, 11) is 0. The van der Waals surface area contributed by atoms with Crippen LogP contribution in [0.3, 0.4) is 0 Å². The number of ether oxygens (including phenoxy) is 1. The molecule has 2 heterocycles. The normalized spacial score (nSPS) is 11.8. The maximum absolute atomic E-state index is 12.5. The van der Waals surface area contributed by atoms with Gasteiger partial charge in [-0.25, -0.2) is 4.68 Å². The van der Waals surface area contributed by atoms with Crippen LogP contribution in [0.4, 0.5) is 5.69 Å². The molecular formula is C19H19N3O4. The number of furan rings is 1. The molecule has 2 aromatic heterocycles. The smallest absolute Gasteiger partial charge is 0.267 e. The van der Waals surface area contributed by atoms with Gasteiger partial charge in [0.05, 0.1) is 12.9 Å². The van der Waals surface area contributed by atoms with E-state index in [2.05, 4.69) is 10.4 Å². The van der Waals surface area contributed by atoms with Crippen LogP contribution in [0.1, 0.15) is 19.9 Å². The zero-order chi connectivity index (χ0) is 18.5. The average Bonchev–Trinajstić information content (AvgIpc) is 3.18. The molecule has 0 spiro atoms. The maximum Gasteiger partial charge on any atom is 0.267 e. The quantitative estimate of drug-likeness (QED) is 0.736. The van der Waals surface area contributed by atoms with E-state index in [1.54, 1.807) is 49.4 Å². The number of carbonyl (C=O) groups is 1. The van der Waals surface area contributed by atoms with E-state index in [-0.39, 0.29) is 11.5 Å². The lowest BCUT2D eigenvalue weighted by molar-refractivity contribution is -0.119. The second-order valence-corrected chi connectivity index (χ2v) is 5.60. The van der Waals surface area contributed by atoms with Gasteiger partial charge in [0.15, 0.2) is 5.76 Å². The third-order valence-corrected chi connectivity index (χ3v) is 3.78. The Morgan fingerprint density at radius 1 is 1.23 bits per heavy atom. The van der Waals surface area contributed by atoms with Crippen LogP contribution < -0.4 is 15.6 Å². The van der Waals surface area contributed by atoms with Crippen LogP contribution in [0.5, 0.6) is 5.75 Å². The monoisotopic (exact) mass is 353 g/mol. The minimum Gasteiger partial charge on any atom is -0.494 e. The molecule has 0 aliphatic heterocycles. The Kier molecular flexibility index (Phi) is 5.17. The van der Waals surface area contributed by atoms with Crippen molar-refractivity contribution in [2.75, 3.05) is 11.9 Å². The van der Waals surface area contributed by atoms with Gasteiger partial charge in [-0.05, 0) is 56.3 Å². The second kappa shape index (κ2) is 7.69. The van der Waals surface area contributed by atoms with Gasteiger partial charge in [0.25, 0.3) is 5.56 Å². The highest BCUT2D eigenvalue weighted by atomic mass is 16.5. The first kappa shape index (κ1) is 17.5. The third-order valence-electron chi connectivity index (χ3n) is 3.78. The minimum absolute atomic E-state index is 0.347. The van der Waals surface area contributed by atoms with Crippen LogP contribution >= 0.6 is 0 Å². The summed E-state index contributed by atoms with van der Waals surface area (Å²) in [5, 5.41) is 7.02. The fraction of sp³-hybridized carbons (Fsp3) is 0.211. The van der Waals surface area contributed by atoms with E-state index in [0.29, 0.717) is 23.7 Å². The van der Waals surface area contributed by atoms with E-state index in [1.165, 1.54) is 12.3 Å². The van der Waals surface area contributed by atoms with E-state index in [1.807, 2.05) is 6.92 Å². The SMILES string of the molecule is CCOc1ccc(NC(=O)C(C)n2nc(-c3ccco3)ccc2=O)cc1. The largest absolute Gasteiger partial charge is 0.494 e. The number of carbonyl (C=O) groups excluding carboxylic acids is 1. The van der Waals surface area contributed by atoms with Gasteiger partial charge in [0, 0.05) is 11.8 Å². The van der Waals surface area contributed by atoms with Crippen molar-refractivity contribution in [1.29, 1.82) is 0 Å². The van der Waals surface area contributed by atoms with Gasteiger partial charge in [-0.2, -0.15) is 5.10 Å². The van der Waals surface area contributed by atoms with Gasteiger partial charge in [-0.1, -0.05) is 0 Å². The number of amides is 1. The number of benzene rings is 1. The van der Waals surface area contributed by atoms with Crippen molar-refractivity contribution < 1.29 is 13.9 Å². The van der Waals surface area contributed by atoms with Crippen LogP contribution in [0.2, 0.25) is 0 Å². The maximum atomic E-state index is 12.5. The summed E-state index contributed by atoms with van der Waals surface area (Å²) in [5.74, 6) is 0.904. The number of anilines is 1. The molecule has 0 aliphatic carbocycles. The second-order valence-electron chi connectivity index (χ2n) is 5.60. The van der Waals surface area contributed by atoms with Crippen LogP contribution in [-0.2, 0) is 4.79 Å². The Morgan fingerprint density at radius 2 is 2.00 bits per heavy atom. The van der Waals surface area contributed by atoms with Gasteiger partial charge >= 0.3 is 0 Å². The molecule has 3 aromatic rings. The van der Waals surface area contributed by atoms with Crippen molar-refractivity contribution in [2.45, 2.75) is 19.9 Å². The van der Waals surface area contributed by atoms with Gasteiger partial charge in [0.1, 0.15) is 17.5 Å². The number of nitrogens with zero attached hydrogens (tertiary/aromatic N) is 2. The molecule has 0 radical (unpaired) electrons. The Bertz CT molecular complexity index is 930. The molecule has 1 N–H and O–H groups in total. The number of hydrogen-bond acceptors (Lipinski definition) is 5. The lowest BCUT2D eigenvalue weighted by Crippen LogP contribution is -2.33. The Labute approximate surface area is 150 Å². The molecule has 0 aliphatic rings. The van der Waals surface area contributed by atoms with E-state index in [0.717, 1.165) is 10.4 Å². The zero-order valence-corrected chi connectivity index (χ0v) is 14.5. The summed E-state index contributed by atoms with van der Waals surface area (Å²) in [6, 6.07) is 12.6. The van der Waals surface area contributed by atoms with Gasteiger partial charge < -0.3 is 14.5 Å². The Balaban J connectivity index is 1.77. The summed E-state index contributed by atoms with van der Waals surface area (Å²) in [6.07, 6.45) is 1.52. The molecular weight excluding hydrogens is 334 g/mol. The molecule has 0 bridgehead atoms. The van der Waals surface area contributed by atoms with Crippen LogP contribution in [0.25, 0.3) is 11.5 Å². The van der Waals surface area contributed by atoms with Crippen LogP contribution in [0, 0.1) is 0 Å². The molecule has 1 atom stereocenters. The topological polar surface area (TPSA) is 86.4 Å².